The van der Waals surface area contributed by atoms with Crippen LogP contribution >= 0.6 is 24.0 Å². The van der Waals surface area contributed by atoms with Crippen LogP contribution in [0.4, 0.5) is 0 Å². The number of rotatable bonds is 5. The molecule has 1 N–H and O–H groups in total. The molecule has 2 aliphatic rings. The van der Waals surface area contributed by atoms with Gasteiger partial charge in [0.25, 0.3) is 0 Å². The Balaban J connectivity index is 0.00000272. The summed E-state index contributed by atoms with van der Waals surface area (Å²) in [5.74, 6) is 1.54. The maximum Gasteiger partial charge on any atom is 0.193 e. The van der Waals surface area contributed by atoms with Crippen LogP contribution in [-0.2, 0) is 20.1 Å². The Morgan fingerprint density at radius 2 is 1.90 bits per heavy atom. The van der Waals surface area contributed by atoms with Gasteiger partial charge in [0.1, 0.15) is 0 Å². The van der Waals surface area contributed by atoms with E-state index in [0.29, 0.717) is 5.92 Å². The molecule has 4 rings (SSSR count). The SMILES string of the molecule is CN=C(NCc1cccc(CN2CCCCCC2)c1)N1CCC(c2cnn(C)c2)C1.I. The molecule has 0 bridgehead atoms. The van der Waals surface area contributed by atoms with E-state index in [2.05, 4.69) is 55.7 Å². The van der Waals surface area contributed by atoms with Gasteiger partial charge in [0.2, 0.25) is 0 Å². The number of hydrogen-bond acceptors (Lipinski definition) is 3. The molecule has 0 saturated carbocycles. The van der Waals surface area contributed by atoms with Gasteiger partial charge in [-0.2, -0.15) is 5.10 Å². The molecule has 6 nitrogen and oxygen atoms in total. The van der Waals surface area contributed by atoms with Crippen LogP contribution in [0, 0.1) is 0 Å². The van der Waals surface area contributed by atoms with Crippen molar-refractivity contribution in [3.63, 3.8) is 0 Å². The summed E-state index contributed by atoms with van der Waals surface area (Å²) in [6.07, 6.45) is 10.7. The van der Waals surface area contributed by atoms with Crippen LogP contribution in [0.1, 0.15) is 54.7 Å². The topological polar surface area (TPSA) is 48.7 Å². The summed E-state index contributed by atoms with van der Waals surface area (Å²) < 4.78 is 1.89. The standard InChI is InChI=1S/C24H36N6.HI/c1-25-24(30-13-10-22(19-30)23-16-27-28(2)18-23)26-15-20-8-7-9-21(14-20)17-29-11-5-3-4-6-12-29;/h7-9,14,16,18,22H,3-6,10-13,15,17,19H2,1-2H3,(H,25,26);1H. The van der Waals surface area contributed by atoms with Crippen LogP contribution in [0.5, 0.6) is 0 Å². The highest BCUT2D eigenvalue weighted by Crippen LogP contribution is 2.26. The van der Waals surface area contributed by atoms with Crippen molar-refractivity contribution in [1.82, 2.24) is 24.9 Å². The van der Waals surface area contributed by atoms with Crippen molar-refractivity contribution in [2.24, 2.45) is 12.0 Å². The van der Waals surface area contributed by atoms with Crippen molar-refractivity contribution in [3.05, 3.63) is 53.3 Å². The van der Waals surface area contributed by atoms with Gasteiger partial charge < -0.3 is 10.2 Å². The van der Waals surface area contributed by atoms with Crippen molar-refractivity contribution >= 4 is 29.9 Å². The number of nitrogens with zero attached hydrogens (tertiary/aromatic N) is 5. The lowest BCUT2D eigenvalue weighted by Gasteiger charge is -2.22. The first kappa shape index (κ1) is 24.0. The molecule has 3 heterocycles. The number of guanidine groups is 1. The molecular weight excluding hydrogens is 499 g/mol. The number of aromatic nitrogens is 2. The molecule has 0 spiro atoms. The average Bonchev–Trinajstić information content (AvgIpc) is 3.33. The van der Waals surface area contributed by atoms with E-state index >= 15 is 0 Å². The third kappa shape index (κ3) is 6.68. The van der Waals surface area contributed by atoms with Crippen LogP contribution in [0.2, 0.25) is 0 Å². The molecule has 1 aromatic heterocycles. The van der Waals surface area contributed by atoms with Gasteiger partial charge in [-0.1, -0.05) is 37.1 Å². The molecule has 7 heteroatoms. The summed E-state index contributed by atoms with van der Waals surface area (Å²) in [4.78, 5) is 9.53. The number of hydrogen-bond donors (Lipinski definition) is 1. The van der Waals surface area contributed by atoms with Gasteiger partial charge in [-0.3, -0.25) is 14.6 Å². The minimum absolute atomic E-state index is 0. The third-order valence-corrected chi connectivity index (χ3v) is 6.44. The van der Waals surface area contributed by atoms with Crippen LogP contribution in [0.15, 0.2) is 41.7 Å². The Hall–Kier alpha value is -1.61. The molecule has 0 amide bonds. The molecule has 0 aliphatic carbocycles. The molecule has 2 saturated heterocycles. The van der Waals surface area contributed by atoms with Gasteiger partial charge >= 0.3 is 0 Å². The van der Waals surface area contributed by atoms with Crippen LogP contribution in [0.3, 0.4) is 0 Å². The van der Waals surface area contributed by atoms with E-state index in [4.69, 9.17) is 0 Å². The van der Waals surface area contributed by atoms with Gasteiger partial charge in [-0.15, -0.1) is 24.0 Å². The summed E-state index contributed by atoms with van der Waals surface area (Å²) in [5, 5.41) is 7.92. The second-order valence-corrected chi connectivity index (χ2v) is 8.79. The van der Waals surface area contributed by atoms with Gasteiger partial charge in [0, 0.05) is 52.4 Å². The molecule has 1 aromatic carbocycles. The summed E-state index contributed by atoms with van der Waals surface area (Å²) in [6.45, 7) is 6.40. The van der Waals surface area contributed by atoms with Gasteiger partial charge in [0.15, 0.2) is 5.96 Å². The summed E-state index contributed by atoms with van der Waals surface area (Å²) in [7, 11) is 3.87. The number of aryl methyl sites for hydroxylation is 1. The highest BCUT2D eigenvalue weighted by molar-refractivity contribution is 14.0. The summed E-state index contributed by atoms with van der Waals surface area (Å²) in [6, 6.07) is 9.03. The smallest absolute Gasteiger partial charge is 0.193 e. The van der Waals surface area contributed by atoms with E-state index in [0.717, 1.165) is 38.6 Å². The molecule has 31 heavy (non-hydrogen) atoms. The lowest BCUT2D eigenvalue weighted by molar-refractivity contribution is 0.277. The normalized spacial score (nSPS) is 20.4. The molecule has 1 atom stereocenters. The zero-order chi connectivity index (χ0) is 20.8. The van der Waals surface area contributed by atoms with Crippen LogP contribution in [-0.4, -0.2) is 58.8 Å². The van der Waals surface area contributed by atoms with Gasteiger partial charge in [-0.05, 0) is 49.0 Å². The zero-order valence-corrected chi connectivity index (χ0v) is 21.3. The monoisotopic (exact) mass is 536 g/mol. The van der Waals surface area contributed by atoms with E-state index in [9.17, 15) is 0 Å². The highest BCUT2D eigenvalue weighted by atomic mass is 127. The molecule has 2 aromatic rings. The van der Waals surface area contributed by atoms with Crippen LogP contribution in [0.25, 0.3) is 0 Å². The first-order valence-electron chi connectivity index (χ1n) is 11.5. The number of halogens is 1. The fourth-order valence-electron chi connectivity index (χ4n) is 4.78. The lowest BCUT2D eigenvalue weighted by Crippen LogP contribution is -2.39. The Labute approximate surface area is 204 Å². The number of benzene rings is 1. The minimum Gasteiger partial charge on any atom is -0.352 e. The van der Waals surface area contributed by atoms with E-state index in [-0.39, 0.29) is 24.0 Å². The van der Waals surface area contributed by atoms with E-state index in [1.54, 1.807) is 0 Å². The minimum atomic E-state index is 0. The van der Waals surface area contributed by atoms with E-state index < -0.39 is 0 Å². The predicted molar refractivity (Wildman–Crippen MR) is 138 cm³/mol. The van der Waals surface area contributed by atoms with Crippen molar-refractivity contribution in [2.75, 3.05) is 33.2 Å². The highest BCUT2D eigenvalue weighted by Gasteiger charge is 2.26. The fraction of sp³-hybridized carbons (Fsp3) is 0.583. The lowest BCUT2D eigenvalue weighted by atomic mass is 10.0. The summed E-state index contributed by atoms with van der Waals surface area (Å²) >= 11 is 0. The van der Waals surface area contributed by atoms with Crippen molar-refractivity contribution < 1.29 is 0 Å². The Bertz CT molecular complexity index is 840. The Morgan fingerprint density at radius 1 is 1.13 bits per heavy atom. The largest absolute Gasteiger partial charge is 0.352 e. The van der Waals surface area contributed by atoms with E-state index in [1.807, 2.05) is 25.0 Å². The van der Waals surface area contributed by atoms with Crippen molar-refractivity contribution in [2.45, 2.75) is 51.1 Å². The second kappa shape index (κ2) is 11.9. The fourth-order valence-corrected chi connectivity index (χ4v) is 4.78. The Morgan fingerprint density at radius 3 is 2.61 bits per heavy atom. The third-order valence-electron chi connectivity index (χ3n) is 6.44. The number of nitrogens with one attached hydrogen (secondary N) is 1. The maximum atomic E-state index is 4.55. The predicted octanol–water partition coefficient (Wildman–Crippen LogP) is 3.98. The van der Waals surface area contributed by atoms with Gasteiger partial charge in [-0.25, -0.2) is 0 Å². The van der Waals surface area contributed by atoms with Gasteiger partial charge in [0.05, 0.1) is 6.20 Å². The first-order valence-corrected chi connectivity index (χ1v) is 11.5. The molecule has 2 aliphatic heterocycles. The molecule has 2 fully saturated rings. The molecular formula is C24H37IN6. The van der Waals surface area contributed by atoms with E-state index in [1.165, 1.54) is 55.5 Å². The van der Waals surface area contributed by atoms with Crippen molar-refractivity contribution in [3.8, 4) is 0 Å². The Kier molecular flexibility index (Phi) is 9.19. The summed E-state index contributed by atoms with van der Waals surface area (Å²) in [5.41, 5.74) is 4.08. The molecule has 1 unspecified atom stereocenters. The number of likely N-dealkylation sites (tertiary alicyclic amines) is 2. The van der Waals surface area contributed by atoms with Crippen LogP contribution < -0.4 is 5.32 Å². The maximum absolute atomic E-state index is 4.55. The second-order valence-electron chi connectivity index (χ2n) is 8.79. The van der Waals surface area contributed by atoms with Crippen molar-refractivity contribution in [1.29, 1.82) is 0 Å². The molecule has 170 valence electrons. The zero-order valence-electron chi connectivity index (χ0n) is 19.0. The average molecular weight is 537 g/mol. The quantitative estimate of drug-likeness (QED) is 0.357. The first-order chi connectivity index (χ1) is 14.7. The number of aliphatic imine (C=N–C) groups is 1. The molecule has 0 radical (unpaired) electrons.